The maximum Gasteiger partial charge on any atom is 0.305 e. The number of methoxy groups -OCH3 is 1. The summed E-state index contributed by atoms with van der Waals surface area (Å²) in [5.41, 5.74) is 0.631. The molecule has 6 nitrogen and oxygen atoms in total. The summed E-state index contributed by atoms with van der Waals surface area (Å²) >= 11 is 5.65. The lowest BCUT2D eigenvalue weighted by atomic mass is 10.0. The topological polar surface area (TPSA) is 84.9 Å². The summed E-state index contributed by atoms with van der Waals surface area (Å²) in [6.45, 7) is 0.821. The van der Waals surface area contributed by atoms with Crippen LogP contribution in [0.15, 0.2) is 42.5 Å². The molecular weight excluding hydrogens is 377 g/mol. The number of carbonyl (C=O) groups excluding carboxylic acids is 1. The highest BCUT2D eigenvalue weighted by Crippen LogP contribution is 2.23. The number of halogens is 2. The summed E-state index contributed by atoms with van der Waals surface area (Å²) in [4.78, 5) is 23.6. The summed E-state index contributed by atoms with van der Waals surface area (Å²) in [6, 6.07) is 9.36. The molecule has 2 rings (SSSR count). The van der Waals surface area contributed by atoms with Crippen LogP contribution < -0.4 is 10.1 Å². The lowest BCUT2D eigenvalue weighted by Gasteiger charge is -2.18. The van der Waals surface area contributed by atoms with Crippen molar-refractivity contribution >= 4 is 23.5 Å². The number of nitrogens with one attached hydrogen (secondary N) is 1. The van der Waals surface area contributed by atoms with Gasteiger partial charge in [0.2, 0.25) is 0 Å². The van der Waals surface area contributed by atoms with Crippen LogP contribution in [0.4, 0.5) is 4.39 Å². The summed E-state index contributed by atoms with van der Waals surface area (Å²) in [7, 11) is 1.57. The highest BCUT2D eigenvalue weighted by molar-refractivity contribution is 6.30. The number of carboxylic acid groups (broad SMARTS) is 1. The first-order chi connectivity index (χ1) is 12.9. The van der Waals surface area contributed by atoms with Crippen molar-refractivity contribution in [3.63, 3.8) is 0 Å². The first-order valence-corrected chi connectivity index (χ1v) is 8.48. The summed E-state index contributed by atoms with van der Waals surface area (Å²) in [5.74, 6) is -1.72. The van der Waals surface area contributed by atoms with Crippen molar-refractivity contribution in [3.05, 3.63) is 64.4 Å². The maximum absolute atomic E-state index is 13.7. The van der Waals surface area contributed by atoms with Gasteiger partial charge in [0.25, 0.3) is 5.91 Å². The van der Waals surface area contributed by atoms with E-state index in [-0.39, 0.29) is 5.02 Å². The molecular formula is C19H19ClFNO5. The maximum atomic E-state index is 13.7. The van der Waals surface area contributed by atoms with Gasteiger partial charge in [0, 0.05) is 12.7 Å². The number of ether oxygens (including phenoxy) is 2. The number of hydrogen-bond acceptors (Lipinski definition) is 4. The van der Waals surface area contributed by atoms with Crippen LogP contribution in [0.3, 0.4) is 0 Å². The summed E-state index contributed by atoms with van der Waals surface area (Å²) in [6.07, 6.45) is -0.398. The molecule has 0 bridgehead atoms. The van der Waals surface area contributed by atoms with E-state index in [4.69, 9.17) is 26.2 Å². The van der Waals surface area contributed by atoms with Crippen LogP contribution in [-0.2, 0) is 9.53 Å². The number of aliphatic carboxylic acids is 1. The number of rotatable bonds is 9. The molecule has 2 aromatic rings. The van der Waals surface area contributed by atoms with Crippen molar-refractivity contribution in [2.75, 3.05) is 20.3 Å². The van der Waals surface area contributed by atoms with E-state index in [9.17, 15) is 14.0 Å². The van der Waals surface area contributed by atoms with Crippen molar-refractivity contribution < 1.29 is 28.6 Å². The monoisotopic (exact) mass is 395 g/mol. The van der Waals surface area contributed by atoms with Gasteiger partial charge in [0.15, 0.2) is 0 Å². The zero-order valence-electron chi connectivity index (χ0n) is 14.6. The van der Waals surface area contributed by atoms with Gasteiger partial charge in [-0.25, -0.2) is 4.39 Å². The van der Waals surface area contributed by atoms with E-state index in [0.717, 1.165) is 6.07 Å². The molecule has 0 fully saturated rings. The van der Waals surface area contributed by atoms with Gasteiger partial charge < -0.3 is 19.9 Å². The quantitative estimate of drug-likeness (QED) is 0.635. The first-order valence-electron chi connectivity index (χ1n) is 8.10. The zero-order valence-corrected chi connectivity index (χ0v) is 15.3. The number of benzene rings is 2. The Morgan fingerprint density at radius 2 is 1.89 bits per heavy atom. The summed E-state index contributed by atoms with van der Waals surface area (Å²) in [5, 5.41) is 11.6. The lowest BCUT2D eigenvalue weighted by molar-refractivity contribution is -0.137. The standard InChI is InChI=1S/C19H19ClFNO5/c1-26-8-9-27-14-5-2-12(3-6-14)19(25)22-17(11-18(23)24)13-4-7-15(20)16(21)10-13/h2-7,10,17H,8-9,11H2,1H3,(H,22,25)(H,23,24). The third-order valence-corrected chi connectivity index (χ3v) is 4.01. The summed E-state index contributed by atoms with van der Waals surface area (Å²) < 4.78 is 24.0. The number of carboxylic acids is 1. The van der Waals surface area contributed by atoms with Crippen LogP contribution in [0.2, 0.25) is 5.02 Å². The Kier molecular flexibility index (Phi) is 7.57. The van der Waals surface area contributed by atoms with Gasteiger partial charge >= 0.3 is 5.97 Å². The van der Waals surface area contributed by atoms with Gasteiger partial charge in [-0.1, -0.05) is 17.7 Å². The molecule has 8 heteroatoms. The van der Waals surface area contributed by atoms with Gasteiger partial charge in [0.05, 0.1) is 24.1 Å². The second-order valence-corrected chi connectivity index (χ2v) is 6.07. The SMILES string of the molecule is COCCOc1ccc(C(=O)NC(CC(=O)O)c2ccc(Cl)c(F)c2)cc1. The van der Waals surface area contributed by atoms with Gasteiger partial charge in [-0.3, -0.25) is 9.59 Å². The third-order valence-electron chi connectivity index (χ3n) is 3.70. The largest absolute Gasteiger partial charge is 0.491 e. The predicted octanol–water partition coefficient (Wildman–Crippen LogP) is 3.45. The fourth-order valence-electron chi connectivity index (χ4n) is 2.34. The van der Waals surface area contributed by atoms with Crippen LogP contribution in [0, 0.1) is 5.82 Å². The van der Waals surface area contributed by atoms with Gasteiger partial charge in [-0.05, 0) is 42.0 Å². The Morgan fingerprint density at radius 3 is 2.48 bits per heavy atom. The van der Waals surface area contributed by atoms with Gasteiger partial charge in [0.1, 0.15) is 18.2 Å². The Labute approximate surface area is 160 Å². The average molecular weight is 396 g/mol. The molecule has 0 aromatic heterocycles. The molecule has 0 heterocycles. The van der Waals surface area contributed by atoms with E-state index in [1.54, 1.807) is 31.4 Å². The normalized spacial score (nSPS) is 11.7. The first kappa shape index (κ1) is 20.7. The minimum absolute atomic E-state index is 0.0804. The third kappa shape index (κ3) is 6.23. The number of carbonyl (C=O) groups is 2. The zero-order chi connectivity index (χ0) is 19.8. The Balaban J connectivity index is 2.10. The molecule has 1 amide bonds. The Bertz CT molecular complexity index is 797. The van der Waals surface area contributed by atoms with Crippen LogP contribution in [-0.4, -0.2) is 37.3 Å². The second kappa shape index (κ2) is 9.89. The molecule has 0 spiro atoms. The Hall–Kier alpha value is -2.64. The minimum Gasteiger partial charge on any atom is -0.491 e. The molecule has 0 saturated heterocycles. The van der Waals surface area contributed by atoms with Crippen molar-refractivity contribution in [2.24, 2.45) is 0 Å². The molecule has 2 aromatic carbocycles. The van der Waals surface area contributed by atoms with Gasteiger partial charge in [-0.15, -0.1) is 0 Å². The van der Waals surface area contributed by atoms with E-state index < -0.39 is 30.2 Å². The predicted molar refractivity (Wildman–Crippen MR) is 97.7 cm³/mol. The second-order valence-electron chi connectivity index (χ2n) is 5.66. The fraction of sp³-hybridized carbons (Fsp3) is 0.263. The number of amides is 1. The molecule has 0 aliphatic rings. The lowest BCUT2D eigenvalue weighted by Crippen LogP contribution is -2.30. The number of hydrogen-bond donors (Lipinski definition) is 2. The van der Waals surface area contributed by atoms with Crippen molar-refractivity contribution in [2.45, 2.75) is 12.5 Å². The molecule has 1 atom stereocenters. The van der Waals surface area contributed by atoms with Crippen LogP contribution in [0.1, 0.15) is 28.4 Å². The van der Waals surface area contributed by atoms with E-state index in [2.05, 4.69) is 5.32 Å². The van der Waals surface area contributed by atoms with Crippen LogP contribution in [0.25, 0.3) is 0 Å². The van der Waals surface area contributed by atoms with Crippen LogP contribution in [0.5, 0.6) is 5.75 Å². The van der Waals surface area contributed by atoms with Crippen molar-refractivity contribution in [1.82, 2.24) is 5.32 Å². The molecule has 0 aliphatic heterocycles. The molecule has 27 heavy (non-hydrogen) atoms. The Morgan fingerprint density at radius 1 is 1.19 bits per heavy atom. The smallest absolute Gasteiger partial charge is 0.305 e. The van der Waals surface area contributed by atoms with Crippen molar-refractivity contribution in [1.29, 1.82) is 0 Å². The van der Waals surface area contributed by atoms with Gasteiger partial charge in [-0.2, -0.15) is 0 Å². The van der Waals surface area contributed by atoms with E-state index in [0.29, 0.717) is 30.1 Å². The highest BCUT2D eigenvalue weighted by Gasteiger charge is 2.20. The van der Waals surface area contributed by atoms with Crippen molar-refractivity contribution in [3.8, 4) is 5.75 Å². The van der Waals surface area contributed by atoms with E-state index >= 15 is 0 Å². The molecule has 2 N–H and O–H groups in total. The minimum atomic E-state index is -1.13. The molecule has 0 radical (unpaired) electrons. The fourth-order valence-corrected chi connectivity index (χ4v) is 2.46. The molecule has 0 saturated carbocycles. The molecule has 144 valence electrons. The van der Waals surface area contributed by atoms with E-state index in [1.807, 2.05) is 0 Å². The molecule has 1 unspecified atom stereocenters. The average Bonchev–Trinajstić information content (AvgIpc) is 2.64. The van der Waals surface area contributed by atoms with E-state index in [1.165, 1.54) is 12.1 Å². The van der Waals surface area contributed by atoms with Crippen LogP contribution >= 0.6 is 11.6 Å². The molecule has 0 aliphatic carbocycles. The highest BCUT2D eigenvalue weighted by atomic mass is 35.5.